The summed E-state index contributed by atoms with van der Waals surface area (Å²) in [4.78, 5) is 24.5. The van der Waals surface area contributed by atoms with Gasteiger partial charge in [-0.1, -0.05) is 6.07 Å². The van der Waals surface area contributed by atoms with Crippen LogP contribution in [0.5, 0.6) is 0 Å². The molecule has 0 radical (unpaired) electrons. The molecule has 0 aromatic heterocycles. The number of amides is 1. The van der Waals surface area contributed by atoms with Gasteiger partial charge in [0.25, 0.3) is 5.91 Å². The smallest absolute Gasteiger partial charge is 0.307 e. The molecule has 104 valence electrons. The molecule has 0 aliphatic heterocycles. The first-order chi connectivity index (χ1) is 8.95. The van der Waals surface area contributed by atoms with Crippen LogP contribution in [0, 0.1) is 12.7 Å². The maximum atomic E-state index is 13.4. The molecule has 0 heterocycles. The van der Waals surface area contributed by atoms with Crippen molar-refractivity contribution in [3.8, 4) is 0 Å². The van der Waals surface area contributed by atoms with Gasteiger partial charge in [0, 0.05) is 19.2 Å². The van der Waals surface area contributed by atoms with Crippen LogP contribution in [0.1, 0.15) is 29.3 Å². The number of carbonyl (C=O) groups excluding carboxylic acids is 2. The number of rotatable bonds is 5. The SMILES string of the molecule is CCOC(=O)CCN(C)C(=O)c1ccc(C)c(F)c1. The normalized spacial score (nSPS) is 10.1. The van der Waals surface area contributed by atoms with Crippen LogP contribution in [-0.2, 0) is 9.53 Å². The summed E-state index contributed by atoms with van der Waals surface area (Å²) in [5.74, 6) is -1.08. The number of aryl methyl sites for hydroxylation is 1. The van der Waals surface area contributed by atoms with Crippen molar-refractivity contribution in [3.05, 3.63) is 35.1 Å². The molecule has 5 heteroatoms. The predicted octanol–water partition coefficient (Wildman–Crippen LogP) is 2.16. The molecular formula is C14H18FNO3. The summed E-state index contributed by atoms with van der Waals surface area (Å²) in [6.45, 7) is 3.92. The van der Waals surface area contributed by atoms with Gasteiger partial charge in [0.05, 0.1) is 13.0 Å². The highest BCUT2D eigenvalue weighted by Gasteiger charge is 2.14. The van der Waals surface area contributed by atoms with Crippen molar-refractivity contribution in [2.45, 2.75) is 20.3 Å². The summed E-state index contributed by atoms with van der Waals surface area (Å²) >= 11 is 0. The fourth-order valence-electron chi connectivity index (χ4n) is 1.54. The number of carbonyl (C=O) groups is 2. The van der Waals surface area contributed by atoms with Gasteiger partial charge in [-0.3, -0.25) is 9.59 Å². The summed E-state index contributed by atoms with van der Waals surface area (Å²) < 4.78 is 18.1. The number of benzene rings is 1. The number of halogens is 1. The third-order valence-corrected chi connectivity index (χ3v) is 2.72. The molecule has 0 unspecified atom stereocenters. The Bertz CT molecular complexity index is 474. The van der Waals surface area contributed by atoms with Gasteiger partial charge in [-0.15, -0.1) is 0 Å². The zero-order chi connectivity index (χ0) is 14.4. The maximum absolute atomic E-state index is 13.4. The van der Waals surface area contributed by atoms with E-state index in [0.29, 0.717) is 12.2 Å². The van der Waals surface area contributed by atoms with Crippen LogP contribution < -0.4 is 0 Å². The van der Waals surface area contributed by atoms with Gasteiger partial charge in [0.1, 0.15) is 5.82 Å². The van der Waals surface area contributed by atoms with E-state index in [1.807, 2.05) is 0 Å². The number of hydrogen-bond donors (Lipinski definition) is 0. The van der Waals surface area contributed by atoms with Crippen molar-refractivity contribution < 1.29 is 18.7 Å². The average molecular weight is 267 g/mol. The molecule has 1 rings (SSSR count). The van der Waals surface area contributed by atoms with Crippen molar-refractivity contribution in [2.24, 2.45) is 0 Å². The second kappa shape index (κ2) is 6.87. The second-order valence-corrected chi connectivity index (χ2v) is 4.25. The topological polar surface area (TPSA) is 46.6 Å². The second-order valence-electron chi connectivity index (χ2n) is 4.25. The van der Waals surface area contributed by atoms with Gasteiger partial charge in [0.2, 0.25) is 0 Å². The first kappa shape index (κ1) is 15.1. The van der Waals surface area contributed by atoms with Crippen LogP contribution >= 0.6 is 0 Å². The highest BCUT2D eigenvalue weighted by Crippen LogP contribution is 2.11. The average Bonchev–Trinajstić information content (AvgIpc) is 2.38. The van der Waals surface area contributed by atoms with Gasteiger partial charge < -0.3 is 9.64 Å². The number of nitrogens with zero attached hydrogens (tertiary/aromatic N) is 1. The molecule has 1 amide bonds. The molecule has 0 N–H and O–H groups in total. The molecule has 4 nitrogen and oxygen atoms in total. The number of ether oxygens (including phenoxy) is 1. The van der Waals surface area contributed by atoms with Crippen molar-refractivity contribution >= 4 is 11.9 Å². The first-order valence-electron chi connectivity index (χ1n) is 6.13. The number of hydrogen-bond acceptors (Lipinski definition) is 3. The van der Waals surface area contributed by atoms with E-state index in [4.69, 9.17) is 4.74 Å². The molecular weight excluding hydrogens is 249 g/mol. The minimum absolute atomic E-state index is 0.129. The van der Waals surface area contributed by atoms with Gasteiger partial charge in [0.15, 0.2) is 0 Å². The molecule has 0 bridgehead atoms. The highest BCUT2D eigenvalue weighted by atomic mass is 19.1. The van der Waals surface area contributed by atoms with Crippen LogP contribution in [0.4, 0.5) is 4.39 Å². The predicted molar refractivity (Wildman–Crippen MR) is 69.3 cm³/mol. The molecule has 0 spiro atoms. The van der Waals surface area contributed by atoms with E-state index in [-0.39, 0.29) is 30.4 Å². The molecule has 0 aliphatic rings. The molecule has 0 saturated heterocycles. The Labute approximate surface area is 112 Å². The summed E-state index contributed by atoms with van der Waals surface area (Å²) in [6.07, 6.45) is 0.129. The summed E-state index contributed by atoms with van der Waals surface area (Å²) in [6, 6.07) is 4.34. The summed E-state index contributed by atoms with van der Waals surface area (Å²) in [5, 5.41) is 0. The lowest BCUT2D eigenvalue weighted by Gasteiger charge is -2.16. The van der Waals surface area contributed by atoms with E-state index in [2.05, 4.69) is 0 Å². The van der Waals surface area contributed by atoms with Crippen LogP contribution in [-0.4, -0.2) is 37.0 Å². The van der Waals surface area contributed by atoms with E-state index in [1.165, 1.54) is 11.0 Å². The monoisotopic (exact) mass is 267 g/mol. The van der Waals surface area contributed by atoms with Gasteiger partial charge >= 0.3 is 5.97 Å². The van der Waals surface area contributed by atoms with E-state index >= 15 is 0 Å². The largest absolute Gasteiger partial charge is 0.466 e. The Morgan fingerprint density at radius 2 is 2.05 bits per heavy atom. The van der Waals surface area contributed by atoms with Crippen LogP contribution in [0.15, 0.2) is 18.2 Å². The number of esters is 1. The third kappa shape index (κ3) is 4.35. The molecule has 0 fully saturated rings. The zero-order valence-corrected chi connectivity index (χ0v) is 11.4. The molecule has 1 aromatic carbocycles. The quantitative estimate of drug-likeness (QED) is 0.768. The molecule has 19 heavy (non-hydrogen) atoms. The van der Waals surface area contributed by atoms with Gasteiger partial charge in [-0.2, -0.15) is 0 Å². The first-order valence-corrected chi connectivity index (χ1v) is 6.13. The zero-order valence-electron chi connectivity index (χ0n) is 11.4. The minimum Gasteiger partial charge on any atom is -0.466 e. The lowest BCUT2D eigenvalue weighted by Crippen LogP contribution is -2.29. The standard InChI is InChI=1S/C14H18FNO3/c1-4-19-13(17)7-8-16(3)14(18)11-6-5-10(2)12(15)9-11/h5-6,9H,4,7-8H2,1-3H3. The van der Waals surface area contributed by atoms with Gasteiger partial charge in [-0.05, 0) is 31.5 Å². The van der Waals surface area contributed by atoms with Crippen molar-refractivity contribution in [2.75, 3.05) is 20.2 Å². The van der Waals surface area contributed by atoms with Crippen molar-refractivity contribution in [1.82, 2.24) is 4.90 Å². The Balaban J connectivity index is 2.61. The summed E-state index contributed by atoms with van der Waals surface area (Å²) in [5.41, 5.74) is 0.764. The Kier molecular flexibility index (Phi) is 5.48. The molecule has 0 saturated carbocycles. The molecule has 0 aliphatic carbocycles. The lowest BCUT2D eigenvalue weighted by molar-refractivity contribution is -0.143. The van der Waals surface area contributed by atoms with Crippen molar-refractivity contribution in [3.63, 3.8) is 0 Å². The van der Waals surface area contributed by atoms with E-state index < -0.39 is 5.82 Å². The molecule has 1 aromatic rings. The Hall–Kier alpha value is -1.91. The lowest BCUT2D eigenvalue weighted by atomic mass is 10.1. The van der Waals surface area contributed by atoms with Crippen LogP contribution in [0.25, 0.3) is 0 Å². The molecule has 0 atom stereocenters. The maximum Gasteiger partial charge on any atom is 0.307 e. The van der Waals surface area contributed by atoms with Crippen molar-refractivity contribution in [1.29, 1.82) is 0 Å². The Morgan fingerprint density at radius 1 is 1.37 bits per heavy atom. The fourth-order valence-corrected chi connectivity index (χ4v) is 1.54. The minimum atomic E-state index is -0.412. The van der Waals surface area contributed by atoms with Gasteiger partial charge in [-0.25, -0.2) is 4.39 Å². The third-order valence-electron chi connectivity index (χ3n) is 2.72. The highest BCUT2D eigenvalue weighted by molar-refractivity contribution is 5.94. The van der Waals surface area contributed by atoms with E-state index in [0.717, 1.165) is 0 Å². The van der Waals surface area contributed by atoms with Crippen LogP contribution in [0.3, 0.4) is 0 Å². The Morgan fingerprint density at radius 3 is 2.63 bits per heavy atom. The van der Waals surface area contributed by atoms with Crippen LogP contribution in [0.2, 0.25) is 0 Å². The fraction of sp³-hybridized carbons (Fsp3) is 0.429. The summed E-state index contributed by atoms with van der Waals surface area (Å²) in [7, 11) is 1.57. The van der Waals surface area contributed by atoms with E-state index in [9.17, 15) is 14.0 Å². The van der Waals surface area contributed by atoms with E-state index in [1.54, 1.807) is 33.0 Å².